The largest absolute Gasteiger partial charge is 0.497 e. The van der Waals surface area contributed by atoms with Crippen LogP contribution in [-0.2, 0) is 10.2 Å². The second-order valence-corrected chi connectivity index (χ2v) is 5.88. The molecule has 1 saturated heterocycles. The Morgan fingerprint density at radius 2 is 1.95 bits per heavy atom. The van der Waals surface area contributed by atoms with Gasteiger partial charge in [0.1, 0.15) is 5.75 Å². The zero-order valence-electron chi connectivity index (χ0n) is 11.5. The number of nitrogen functional groups attached to an aromatic ring is 1. The molecule has 1 aromatic heterocycles. The molecule has 2 heterocycles. The number of aromatic nitrogens is 1. The summed E-state index contributed by atoms with van der Waals surface area (Å²) in [4.78, 5) is 4.53. The fourth-order valence-corrected chi connectivity index (χ4v) is 3.49. The lowest BCUT2D eigenvalue weighted by molar-refractivity contribution is 0.0620. The summed E-state index contributed by atoms with van der Waals surface area (Å²) in [6, 6.07) is 8.25. The van der Waals surface area contributed by atoms with E-state index in [-0.39, 0.29) is 5.41 Å². The zero-order chi connectivity index (χ0) is 14.0. The highest BCUT2D eigenvalue weighted by atomic mass is 32.1. The Bertz CT molecular complexity index is 574. The van der Waals surface area contributed by atoms with E-state index in [1.54, 1.807) is 7.11 Å². The van der Waals surface area contributed by atoms with Gasteiger partial charge in [-0.15, -0.1) is 11.3 Å². The highest BCUT2D eigenvalue weighted by molar-refractivity contribution is 7.13. The summed E-state index contributed by atoms with van der Waals surface area (Å²) in [6.45, 7) is 1.51. The van der Waals surface area contributed by atoms with Crippen molar-refractivity contribution in [3.63, 3.8) is 0 Å². The monoisotopic (exact) mass is 290 g/mol. The molecule has 1 fully saturated rings. The number of hydrogen-bond donors (Lipinski definition) is 1. The molecule has 5 heteroatoms. The molecule has 0 aliphatic carbocycles. The van der Waals surface area contributed by atoms with Crippen molar-refractivity contribution >= 4 is 16.5 Å². The van der Waals surface area contributed by atoms with Gasteiger partial charge in [-0.2, -0.15) is 0 Å². The maximum absolute atomic E-state index is 5.82. The van der Waals surface area contributed by atoms with E-state index in [1.165, 1.54) is 16.9 Å². The Morgan fingerprint density at radius 3 is 2.50 bits per heavy atom. The van der Waals surface area contributed by atoms with Crippen molar-refractivity contribution in [3.05, 3.63) is 40.9 Å². The molecule has 0 amide bonds. The number of rotatable bonds is 3. The molecule has 0 bridgehead atoms. The lowest BCUT2D eigenvalue weighted by atomic mass is 9.72. The van der Waals surface area contributed by atoms with E-state index in [0.717, 1.165) is 37.5 Å². The van der Waals surface area contributed by atoms with Gasteiger partial charge in [0.25, 0.3) is 0 Å². The van der Waals surface area contributed by atoms with Crippen LogP contribution in [0.1, 0.15) is 24.1 Å². The summed E-state index contributed by atoms with van der Waals surface area (Å²) in [6.07, 6.45) is 1.87. The van der Waals surface area contributed by atoms with E-state index in [1.807, 2.05) is 12.1 Å². The maximum atomic E-state index is 5.82. The van der Waals surface area contributed by atoms with Gasteiger partial charge in [0, 0.05) is 24.0 Å². The van der Waals surface area contributed by atoms with E-state index >= 15 is 0 Å². The van der Waals surface area contributed by atoms with E-state index in [4.69, 9.17) is 15.2 Å². The molecule has 0 atom stereocenters. The molecule has 4 nitrogen and oxygen atoms in total. The number of hydrogen-bond acceptors (Lipinski definition) is 5. The van der Waals surface area contributed by atoms with Gasteiger partial charge in [-0.1, -0.05) is 12.1 Å². The predicted molar refractivity (Wildman–Crippen MR) is 80.4 cm³/mol. The molecule has 0 saturated carbocycles. The quantitative estimate of drug-likeness (QED) is 0.944. The summed E-state index contributed by atoms with van der Waals surface area (Å²) in [5.41, 5.74) is 8.06. The average molecular weight is 290 g/mol. The van der Waals surface area contributed by atoms with Crippen molar-refractivity contribution in [3.8, 4) is 5.75 Å². The Hall–Kier alpha value is -1.59. The average Bonchev–Trinajstić information content (AvgIpc) is 2.95. The van der Waals surface area contributed by atoms with E-state index in [2.05, 4.69) is 22.5 Å². The molecule has 0 radical (unpaired) electrons. The molecule has 0 spiro atoms. The van der Waals surface area contributed by atoms with Crippen molar-refractivity contribution in [1.82, 2.24) is 4.98 Å². The van der Waals surface area contributed by atoms with Crippen molar-refractivity contribution in [2.24, 2.45) is 0 Å². The fraction of sp³-hybridized carbons (Fsp3) is 0.400. The van der Waals surface area contributed by atoms with Crippen LogP contribution in [0.15, 0.2) is 29.6 Å². The molecule has 1 aromatic carbocycles. The van der Waals surface area contributed by atoms with Gasteiger partial charge in [-0.25, -0.2) is 4.98 Å². The Kier molecular flexibility index (Phi) is 3.63. The number of ether oxygens (including phenoxy) is 2. The molecular weight excluding hydrogens is 272 g/mol. The summed E-state index contributed by atoms with van der Waals surface area (Å²) in [7, 11) is 1.68. The third kappa shape index (κ3) is 2.27. The summed E-state index contributed by atoms with van der Waals surface area (Å²) in [5.74, 6) is 0.869. The summed E-state index contributed by atoms with van der Waals surface area (Å²) >= 11 is 1.50. The molecule has 2 N–H and O–H groups in total. The molecule has 0 unspecified atom stereocenters. The number of anilines is 1. The van der Waals surface area contributed by atoms with Crippen molar-refractivity contribution in [1.29, 1.82) is 0 Å². The highest BCUT2D eigenvalue weighted by Crippen LogP contribution is 2.42. The lowest BCUT2D eigenvalue weighted by Crippen LogP contribution is -2.35. The van der Waals surface area contributed by atoms with Crippen molar-refractivity contribution in [2.45, 2.75) is 18.3 Å². The first-order valence-electron chi connectivity index (χ1n) is 6.68. The van der Waals surface area contributed by atoms with Crippen molar-refractivity contribution in [2.75, 3.05) is 26.1 Å². The second-order valence-electron chi connectivity index (χ2n) is 4.99. The van der Waals surface area contributed by atoms with Crippen LogP contribution in [0.25, 0.3) is 0 Å². The number of nitrogens with zero attached hydrogens (tertiary/aromatic N) is 1. The smallest absolute Gasteiger partial charge is 0.180 e. The predicted octanol–water partition coefficient (Wildman–Crippen LogP) is 2.83. The van der Waals surface area contributed by atoms with Crippen LogP contribution in [0.2, 0.25) is 0 Å². The van der Waals surface area contributed by atoms with Gasteiger partial charge in [-0.3, -0.25) is 0 Å². The second kappa shape index (κ2) is 5.42. The standard InChI is InChI=1S/C15H18N2O2S/c1-18-12-4-2-11(3-5-12)15(6-8-19-9-7-15)13-10-20-14(16)17-13/h2-5,10H,6-9H2,1H3,(H2,16,17). The molecular formula is C15H18N2O2S. The van der Waals surface area contributed by atoms with Crippen LogP contribution in [-0.4, -0.2) is 25.3 Å². The van der Waals surface area contributed by atoms with Crippen LogP contribution < -0.4 is 10.5 Å². The minimum atomic E-state index is -0.0847. The minimum absolute atomic E-state index is 0.0847. The SMILES string of the molecule is COc1ccc(C2(c3csc(N)n3)CCOCC2)cc1. The van der Waals surface area contributed by atoms with E-state index in [9.17, 15) is 0 Å². The van der Waals surface area contributed by atoms with Gasteiger partial charge in [0.05, 0.1) is 12.8 Å². The van der Waals surface area contributed by atoms with E-state index < -0.39 is 0 Å². The topological polar surface area (TPSA) is 57.4 Å². The first-order chi connectivity index (χ1) is 9.74. The third-order valence-corrected chi connectivity index (χ3v) is 4.68. The van der Waals surface area contributed by atoms with Crippen LogP contribution in [0.3, 0.4) is 0 Å². The Morgan fingerprint density at radius 1 is 1.25 bits per heavy atom. The number of thiazole rings is 1. The van der Waals surface area contributed by atoms with Gasteiger partial charge in [0.2, 0.25) is 0 Å². The maximum Gasteiger partial charge on any atom is 0.180 e. The van der Waals surface area contributed by atoms with Crippen LogP contribution in [0, 0.1) is 0 Å². The first kappa shape index (κ1) is 13.4. The zero-order valence-corrected chi connectivity index (χ0v) is 12.3. The molecule has 1 aliphatic rings. The minimum Gasteiger partial charge on any atom is -0.497 e. The van der Waals surface area contributed by atoms with Gasteiger partial charge >= 0.3 is 0 Å². The molecule has 1 aliphatic heterocycles. The Labute approximate surface area is 122 Å². The number of nitrogens with two attached hydrogens (primary N) is 1. The molecule has 106 valence electrons. The van der Waals surface area contributed by atoms with Gasteiger partial charge in [-0.05, 0) is 30.5 Å². The Balaban J connectivity index is 2.04. The summed E-state index contributed by atoms with van der Waals surface area (Å²) < 4.78 is 10.8. The van der Waals surface area contributed by atoms with Crippen LogP contribution >= 0.6 is 11.3 Å². The number of benzene rings is 1. The lowest BCUT2D eigenvalue weighted by Gasteiger charge is -2.36. The van der Waals surface area contributed by atoms with Crippen molar-refractivity contribution < 1.29 is 9.47 Å². The first-order valence-corrected chi connectivity index (χ1v) is 7.56. The summed E-state index contributed by atoms with van der Waals surface area (Å²) in [5, 5.41) is 2.70. The third-order valence-electron chi connectivity index (χ3n) is 4.00. The molecule has 3 rings (SSSR count). The van der Waals surface area contributed by atoms with Gasteiger partial charge < -0.3 is 15.2 Å². The normalized spacial score (nSPS) is 17.9. The highest BCUT2D eigenvalue weighted by Gasteiger charge is 2.38. The van der Waals surface area contributed by atoms with Crippen LogP contribution in [0.4, 0.5) is 5.13 Å². The molecule has 2 aromatic rings. The van der Waals surface area contributed by atoms with Crippen LogP contribution in [0.5, 0.6) is 5.75 Å². The van der Waals surface area contributed by atoms with Gasteiger partial charge in [0.15, 0.2) is 5.13 Å². The number of methoxy groups -OCH3 is 1. The van der Waals surface area contributed by atoms with E-state index in [0.29, 0.717) is 5.13 Å². The molecule has 20 heavy (non-hydrogen) atoms. The fourth-order valence-electron chi connectivity index (χ4n) is 2.83.